The van der Waals surface area contributed by atoms with E-state index in [9.17, 15) is 14.0 Å². The molecule has 1 unspecified atom stereocenters. The van der Waals surface area contributed by atoms with Gasteiger partial charge in [-0.15, -0.1) is 0 Å². The fourth-order valence-electron chi connectivity index (χ4n) is 4.85. The predicted octanol–water partition coefficient (Wildman–Crippen LogP) is 5.00. The summed E-state index contributed by atoms with van der Waals surface area (Å²) < 4.78 is 22.8. The van der Waals surface area contributed by atoms with Crippen molar-refractivity contribution in [2.75, 3.05) is 6.61 Å². The lowest BCUT2D eigenvalue weighted by molar-refractivity contribution is -0.139. The van der Waals surface area contributed by atoms with E-state index in [2.05, 4.69) is 4.99 Å². The molecule has 4 aromatic rings. The largest absolute Gasteiger partial charge is 0.463 e. The number of ether oxygens (including phenoxy) is 1. The summed E-state index contributed by atoms with van der Waals surface area (Å²) in [6, 6.07) is 14.6. The van der Waals surface area contributed by atoms with E-state index in [4.69, 9.17) is 16.3 Å². The average Bonchev–Trinajstić information content (AvgIpc) is 3.33. The number of carbonyl (C=O) groups excluding carboxylic acids is 1. The van der Waals surface area contributed by atoms with Crippen LogP contribution in [0.25, 0.3) is 11.8 Å². The van der Waals surface area contributed by atoms with Crippen molar-refractivity contribution in [1.82, 2.24) is 9.13 Å². The van der Waals surface area contributed by atoms with Gasteiger partial charge in [0.25, 0.3) is 5.56 Å². The SMILES string of the molecule is CCOC(=O)C1=C(C)N=c2sc(=Cc3cc(C)n(-c4ccc(F)cc4)c3C)c(=O)n2C1c1ccccc1Cl. The maximum atomic E-state index is 13.9. The van der Waals surface area contributed by atoms with Gasteiger partial charge < -0.3 is 9.30 Å². The van der Waals surface area contributed by atoms with Crippen LogP contribution in [0.1, 0.15) is 42.4 Å². The summed E-state index contributed by atoms with van der Waals surface area (Å²) in [5, 5.41) is 0.437. The number of hydrogen-bond acceptors (Lipinski definition) is 5. The molecule has 0 spiro atoms. The number of nitrogens with zero attached hydrogens (tertiary/aromatic N) is 3. The van der Waals surface area contributed by atoms with E-state index in [1.807, 2.05) is 36.6 Å². The smallest absolute Gasteiger partial charge is 0.338 e. The van der Waals surface area contributed by atoms with E-state index >= 15 is 0 Å². The second kappa shape index (κ2) is 10.2. The summed E-state index contributed by atoms with van der Waals surface area (Å²) in [6.07, 6.45) is 1.83. The molecule has 0 N–H and O–H groups in total. The van der Waals surface area contributed by atoms with Gasteiger partial charge >= 0.3 is 5.97 Å². The predicted molar refractivity (Wildman–Crippen MR) is 147 cm³/mol. The van der Waals surface area contributed by atoms with Gasteiger partial charge in [0.15, 0.2) is 4.80 Å². The molecule has 0 amide bonds. The Hall–Kier alpha value is -3.75. The Kier molecular flexibility index (Phi) is 6.94. The van der Waals surface area contributed by atoms with Crippen molar-refractivity contribution in [2.45, 2.75) is 33.7 Å². The van der Waals surface area contributed by atoms with Crippen LogP contribution in [0.15, 0.2) is 75.7 Å². The Labute approximate surface area is 227 Å². The van der Waals surface area contributed by atoms with Gasteiger partial charge in [0, 0.05) is 22.1 Å². The van der Waals surface area contributed by atoms with Gasteiger partial charge in [-0.25, -0.2) is 14.2 Å². The monoisotopic (exact) mass is 549 g/mol. The molecular weight excluding hydrogens is 525 g/mol. The fourth-order valence-corrected chi connectivity index (χ4v) is 6.12. The number of benzene rings is 2. The Morgan fingerprint density at radius 3 is 2.55 bits per heavy atom. The highest BCUT2D eigenvalue weighted by atomic mass is 35.5. The number of allylic oxidation sites excluding steroid dienone is 1. The van der Waals surface area contributed by atoms with Crippen LogP contribution in [-0.4, -0.2) is 21.7 Å². The Balaban J connectivity index is 1.70. The van der Waals surface area contributed by atoms with Crippen molar-refractivity contribution >= 4 is 35.0 Å². The molecule has 0 fully saturated rings. The van der Waals surface area contributed by atoms with E-state index in [1.165, 1.54) is 28.0 Å². The second-order valence-electron chi connectivity index (χ2n) is 8.96. The molecule has 6 nitrogen and oxygen atoms in total. The number of carbonyl (C=O) groups is 1. The topological polar surface area (TPSA) is 65.6 Å². The second-order valence-corrected chi connectivity index (χ2v) is 10.4. The Bertz CT molecular complexity index is 1780. The number of esters is 1. The van der Waals surface area contributed by atoms with Gasteiger partial charge in [-0.05, 0) is 81.3 Å². The normalized spacial score (nSPS) is 15.4. The molecular formula is C29H25ClFN3O3S. The van der Waals surface area contributed by atoms with Crippen molar-refractivity contribution < 1.29 is 13.9 Å². The van der Waals surface area contributed by atoms with Crippen LogP contribution < -0.4 is 14.9 Å². The molecule has 0 saturated carbocycles. The molecule has 5 rings (SSSR count). The van der Waals surface area contributed by atoms with Crippen LogP contribution in [0.4, 0.5) is 4.39 Å². The third kappa shape index (κ3) is 4.44. The molecule has 0 bridgehead atoms. The van der Waals surface area contributed by atoms with Gasteiger partial charge in [-0.3, -0.25) is 9.36 Å². The highest BCUT2D eigenvalue weighted by Crippen LogP contribution is 2.34. The quantitative estimate of drug-likeness (QED) is 0.329. The Morgan fingerprint density at radius 1 is 1.16 bits per heavy atom. The molecule has 1 aliphatic rings. The van der Waals surface area contributed by atoms with E-state index in [0.29, 0.717) is 25.6 Å². The van der Waals surface area contributed by atoms with Crippen molar-refractivity contribution in [1.29, 1.82) is 0 Å². The minimum atomic E-state index is -0.771. The standard InChI is InChI=1S/C29H25ClFN3O3S/c1-5-37-28(36)25-17(3)32-29-34(26(25)22-8-6-7-9-23(22)30)27(35)24(38-29)15-19-14-16(2)33(18(19)4)21-12-10-20(31)11-13-21/h6-15,26H,5H2,1-4H3. The zero-order chi connectivity index (χ0) is 27.1. The van der Waals surface area contributed by atoms with Gasteiger partial charge in [0.05, 0.1) is 22.4 Å². The number of thiazole rings is 1. The first-order chi connectivity index (χ1) is 18.2. The van der Waals surface area contributed by atoms with Gasteiger partial charge in [-0.2, -0.15) is 0 Å². The molecule has 2 aromatic carbocycles. The molecule has 2 aromatic heterocycles. The molecule has 0 saturated heterocycles. The molecule has 9 heteroatoms. The van der Waals surface area contributed by atoms with Crippen LogP contribution >= 0.6 is 22.9 Å². The van der Waals surface area contributed by atoms with Crippen LogP contribution in [0.3, 0.4) is 0 Å². The van der Waals surface area contributed by atoms with Gasteiger partial charge in [0.1, 0.15) is 11.9 Å². The van der Waals surface area contributed by atoms with Crippen LogP contribution in [0.5, 0.6) is 0 Å². The first-order valence-corrected chi connectivity index (χ1v) is 13.3. The van der Waals surface area contributed by atoms with Gasteiger partial charge in [0.2, 0.25) is 0 Å². The maximum absolute atomic E-state index is 13.9. The molecule has 0 aliphatic carbocycles. The summed E-state index contributed by atoms with van der Waals surface area (Å²) in [6.45, 7) is 7.58. The first-order valence-electron chi connectivity index (χ1n) is 12.1. The minimum Gasteiger partial charge on any atom is -0.463 e. The number of halogens is 2. The van der Waals surface area contributed by atoms with Gasteiger partial charge in [-0.1, -0.05) is 41.1 Å². The number of hydrogen-bond donors (Lipinski definition) is 0. The summed E-state index contributed by atoms with van der Waals surface area (Å²) in [7, 11) is 0. The maximum Gasteiger partial charge on any atom is 0.338 e. The van der Waals surface area contributed by atoms with Crippen molar-refractivity contribution in [2.24, 2.45) is 4.99 Å². The molecule has 0 radical (unpaired) electrons. The molecule has 194 valence electrons. The number of aromatic nitrogens is 2. The summed E-state index contributed by atoms with van der Waals surface area (Å²) >= 11 is 7.82. The fraction of sp³-hybridized carbons (Fsp3) is 0.207. The summed E-state index contributed by atoms with van der Waals surface area (Å²) in [5.41, 5.74) is 4.65. The average molecular weight is 550 g/mol. The Morgan fingerprint density at radius 2 is 1.87 bits per heavy atom. The minimum absolute atomic E-state index is 0.193. The number of fused-ring (bicyclic) bond motifs is 1. The first kappa shape index (κ1) is 25.9. The van der Waals surface area contributed by atoms with E-state index in [1.54, 1.807) is 44.2 Å². The van der Waals surface area contributed by atoms with Crippen molar-refractivity contribution in [3.63, 3.8) is 0 Å². The molecule has 1 atom stereocenters. The molecule has 38 heavy (non-hydrogen) atoms. The molecule has 1 aliphatic heterocycles. The number of aryl methyl sites for hydroxylation is 1. The summed E-state index contributed by atoms with van der Waals surface area (Å²) in [4.78, 5) is 32.0. The van der Waals surface area contributed by atoms with Crippen molar-refractivity contribution in [3.05, 3.63) is 119 Å². The van der Waals surface area contributed by atoms with Crippen LogP contribution in [0.2, 0.25) is 5.02 Å². The lowest BCUT2D eigenvalue weighted by atomic mass is 9.96. The van der Waals surface area contributed by atoms with Crippen LogP contribution in [0, 0.1) is 19.7 Å². The lowest BCUT2D eigenvalue weighted by Crippen LogP contribution is -2.40. The van der Waals surface area contributed by atoms with Crippen LogP contribution in [-0.2, 0) is 9.53 Å². The zero-order valence-corrected chi connectivity index (χ0v) is 22.9. The highest BCUT2D eigenvalue weighted by molar-refractivity contribution is 7.07. The zero-order valence-electron chi connectivity index (χ0n) is 21.3. The van der Waals surface area contributed by atoms with Crippen molar-refractivity contribution in [3.8, 4) is 5.69 Å². The highest BCUT2D eigenvalue weighted by Gasteiger charge is 2.34. The van der Waals surface area contributed by atoms with E-state index in [0.717, 1.165) is 22.6 Å². The van der Waals surface area contributed by atoms with E-state index in [-0.39, 0.29) is 23.6 Å². The van der Waals surface area contributed by atoms with E-state index < -0.39 is 12.0 Å². The third-order valence-electron chi connectivity index (χ3n) is 6.56. The summed E-state index contributed by atoms with van der Waals surface area (Å²) in [5.74, 6) is -0.834. The number of rotatable bonds is 5. The lowest BCUT2D eigenvalue weighted by Gasteiger charge is -2.25. The third-order valence-corrected chi connectivity index (χ3v) is 7.89. The molecule has 3 heterocycles.